The molecule has 1 aromatic rings. The van der Waals surface area contributed by atoms with Gasteiger partial charge in [-0.25, -0.2) is 4.39 Å². The van der Waals surface area contributed by atoms with Gasteiger partial charge in [0.05, 0.1) is 11.4 Å². The SMILES string of the molecule is Cc1c(F)ccc(N2CCN(C)CC2)c1N. The van der Waals surface area contributed by atoms with E-state index in [4.69, 9.17) is 5.73 Å². The normalized spacial score (nSPS) is 17.8. The molecule has 0 bridgehead atoms. The van der Waals surface area contributed by atoms with Gasteiger partial charge in [0.15, 0.2) is 0 Å². The number of nitrogen functional groups attached to an aromatic ring is 1. The van der Waals surface area contributed by atoms with Gasteiger partial charge in [-0.15, -0.1) is 0 Å². The third kappa shape index (κ3) is 1.97. The largest absolute Gasteiger partial charge is 0.397 e. The molecule has 0 unspecified atom stereocenters. The molecule has 0 amide bonds. The Labute approximate surface area is 95.6 Å². The Kier molecular flexibility index (Phi) is 3.01. The topological polar surface area (TPSA) is 32.5 Å². The summed E-state index contributed by atoms with van der Waals surface area (Å²) in [6.07, 6.45) is 0. The molecular formula is C12H18FN3. The zero-order valence-corrected chi connectivity index (χ0v) is 9.83. The van der Waals surface area contributed by atoms with Crippen molar-refractivity contribution < 1.29 is 4.39 Å². The van der Waals surface area contributed by atoms with Gasteiger partial charge in [0.2, 0.25) is 0 Å². The Morgan fingerprint density at radius 3 is 2.44 bits per heavy atom. The highest BCUT2D eigenvalue weighted by Crippen LogP contribution is 2.28. The van der Waals surface area contributed by atoms with E-state index in [2.05, 4.69) is 16.8 Å². The molecule has 1 aliphatic rings. The van der Waals surface area contributed by atoms with Crippen molar-refractivity contribution in [1.82, 2.24) is 4.90 Å². The Morgan fingerprint density at radius 2 is 1.81 bits per heavy atom. The van der Waals surface area contributed by atoms with Crippen LogP contribution in [0.2, 0.25) is 0 Å². The molecule has 4 heteroatoms. The fourth-order valence-corrected chi connectivity index (χ4v) is 2.01. The van der Waals surface area contributed by atoms with Gasteiger partial charge >= 0.3 is 0 Å². The van der Waals surface area contributed by atoms with Crippen molar-refractivity contribution in [2.45, 2.75) is 6.92 Å². The maximum Gasteiger partial charge on any atom is 0.128 e. The van der Waals surface area contributed by atoms with Crippen LogP contribution in [0.3, 0.4) is 0 Å². The fourth-order valence-electron chi connectivity index (χ4n) is 2.01. The molecule has 2 N–H and O–H groups in total. The first-order chi connectivity index (χ1) is 7.59. The van der Waals surface area contributed by atoms with Crippen LogP contribution < -0.4 is 10.6 Å². The second-order valence-corrected chi connectivity index (χ2v) is 4.40. The van der Waals surface area contributed by atoms with E-state index in [9.17, 15) is 4.39 Å². The molecule has 2 rings (SSSR count). The summed E-state index contributed by atoms with van der Waals surface area (Å²) in [6, 6.07) is 3.28. The number of nitrogens with two attached hydrogens (primary N) is 1. The van der Waals surface area contributed by atoms with E-state index in [1.807, 2.05) is 0 Å². The van der Waals surface area contributed by atoms with E-state index in [0.29, 0.717) is 11.3 Å². The van der Waals surface area contributed by atoms with E-state index < -0.39 is 0 Å². The molecule has 0 spiro atoms. The predicted molar refractivity (Wildman–Crippen MR) is 65.3 cm³/mol. The summed E-state index contributed by atoms with van der Waals surface area (Å²) < 4.78 is 13.3. The number of rotatable bonds is 1. The lowest BCUT2D eigenvalue weighted by Crippen LogP contribution is -2.44. The molecule has 0 aromatic heterocycles. The van der Waals surface area contributed by atoms with Gasteiger partial charge in [0.25, 0.3) is 0 Å². The molecule has 0 atom stereocenters. The van der Waals surface area contributed by atoms with Gasteiger partial charge in [0, 0.05) is 31.7 Å². The van der Waals surface area contributed by atoms with Crippen LogP contribution in [0.15, 0.2) is 12.1 Å². The second-order valence-electron chi connectivity index (χ2n) is 4.40. The summed E-state index contributed by atoms with van der Waals surface area (Å²) >= 11 is 0. The second kappa shape index (κ2) is 4.29. The maximum absolute atomic E-state index is 13.3. The number of hydrogen-bond donors (Lipinski definition) is 1. The first-order valence-electron chi connectivity index (χ1n) is 5.57. The lowest BCUT2D eigenvalue weighted by atomic mass is 10.1. The first kappa shape index (κ1) is 11.2. The predicted octanol–water partition coefficient (Wildman–Crippen LogP) is 1.47. The average Bonchev–Trinajstić information content (AvgIpc) is 2.28. The van der Waals surface area contributed by atoms with Crippen molar-refractivity contribution in [3.63, 3.8) is 0 Å². The molecule has 1 saturated heterocycles. The summed E-state index contributed by atoms with van der Waals surface area (Å²) in [5.41, 5.74) is 8.04. The summed E-state index contributed by atoms with van der Waals surface area (Å²) in [5, 5.41) is 0. The number of halogens is 1. The van der Waals surface area contributed by atoms with Gasteiger partial charge in [-0.05, 0) is 26.1 Å². The van der Waals surface area contributed by atoms with Crippen LogP contribution in [0.25, 0.3) is 0 Å². The number of hydrogen-bond acceptors (Lipinski definition) is 3. The third-order valence-electron chi connectivity index (χ3n) is 3.27. The molecule has 0 radical (unpaired) electrons. The molecule has 1 fully saturated rings. The quantitative estimate of drug-likeness (QED) is 0.732. The fraction of sp³-hybridized carbons (Fsp3) is 0.500. The zero-order valence-electron chi connectivity index (χ0n) is 9.83. The molecule has 1 aromatic carbocycles. The van der Waals surface area contributed by atoms with E-state index in [-0.39, 0.29) is 5.82 Å². The van der Waals surface area contributed by atoms with E-state index >= 15 is 0 Å². The van der Waals surface area contributed by atoms with Crippen LogP contribution in [0.5, 0.6) is 0 Å². The van der Waals surface area contributed by atoms with Crippen molar-refractivity contribution in [1.29, 1.82) is 0 Å². The van der Waals surface area contributed by atoms with Crippen molar-refractivity contribution in [3.05, 3.63) is 23.5 Å². The molecule has 88 valence electrons. The highest BCUT2D eigenvalue weighted by Gasteiger charge is 2.17. The summed E-state index contributed by atoms with van der Waals surface area (Å²) in [7, 11) is 2.11. The van der Waals surface area contributed by atoms with E-state index in [1.54, 1.807) is 13.0 Å². The smallest absolute Gasteiger partial charge is 0.128 e. The summed E-state index contributed by atoms with van der Waals surface area (Å²) in [6.45, 7) is 5.67. The monoisotopic (exact) mass is 223 g/mol. The lowest BCUT2D eigenvalue weighted by Gasteiger charge is -2.35. The van der Waals surface area contributed by atoms with Gasteiger partial charge in [-0.3, -0.25) is 0 Å². The molecule has 3 nitrogen and oxygen atoms in total. The van der Waals surface area contributed by atoms with Gasteiger partial charge in [-0.1, -0.05) is 0 Å². The number of nitrogens with zero attached hydrogens (tertiary/aromatic N) is 2. The van der Waals surface area contributed by atoms with Crippen LogP contribution in [-0.4, -0.2) is 38.1 Å². The first-order valence-corrected chi connectivity index (χ1v) is 5.57. The number of piperazine rings is 1. The van der Waals surface area contributed by atoms with Crippen LogP contribution in [0.4, 0.5) is 15.8 Å². The molecule has 0 saturated carbocycles. The molecule has 16 heavy (non-hydrogen) atoms. The van der Waals surface area contributed by atoms with Gasteiger partial charge in [0.1, 0.15) is 5.82 Å². The lowest BCUT2D eigenvalue weighted by molar-refractivity contribution is 0.313. The van der Waals surface area contributed by atoms with E-state index in [0.717, 1.165) is 31.9 Å². The highest BCUT2D eigenvalue weighted by molar-refractivity contribution is 5.71. The number of benzene rings is 1. The summed E-state index contributed by atoms with van der Waals surface area (Å²) in [5.74, 6) is -0.227. The van der Waals surface area contributed by atoms with Crippen molar-refractivity contribution in [2.75, 3.05) is 43.9 Å². The van der Waals surface area contributed by atoms with Crippen molar-refractivity contribution >= 4 is 11.4 Å². The van der Waals surface area contributed by atoms with E-state index in [1.165, 1.54) is 6.07 Å². The van der Waals surface area contributed by atoms with Crippen LogP contribution >= 0.6 is 0 Å². The highest BCUT2D eigenvalue weighted by atomic mass is 19.1. The van der Waals surface area contributed by atoms with Crippen LogP contribution in [-0.2, 0) is 0 Å². The standard InChI is InChI=1S/C12H18FN3/c1-9-10(13)3-4-11(12(9)14)16-7-5-15(2)6-8-16/h3-4H,5-8,14H2,1-2H3. The molecule has 1 aliphatic heterocycles. The molecule has 1 heterocycles. The minimum Gasteiger partial charge on any atom is -0.397 e. The third-order valence-corrected chi connectivity index (χ3v) is 3.27. The van der Waals surface area contributed by atoms with Gasteiger partial charge in [-0.2, -0.15) is 0 Å². The Bertz CT molecular complexity index is 384. The Hall–Kier alpha value is -1.29. The van der Waals surface area contributed by atoms with Crippen molar-refractivity contribution in [3.8, 4) is 0 Å². The molecule has 0 aliphatic carbocycles. The minimum absolute atomic E-state index is 0.227. The summed E-state index contributed by atoms with van der Waals surface area (Å²) in [4.78, 5) is 4.50. The Morgan fingerprint density at radius 1 is 1.19 bits per heavy atom. The van der Waals surface area contributed by atoms with Crippen LogP contribution in [0, 0.1) is 12.7 Å². The number of anilines is 2. The van der Waals surface area contributed by atoms with Crippen LogP contribution in [0.1, 0.15) is 5.56 Å². The Balaban J connectivity index is 2.24. The zero-order chi connectivity index (χ0) is 11.7. The maximum atomic E-state index is 13.3. The average molecular weight is 223 g/mol. The van der Waals surface area contributed by atoms with Gasteiger partial charge < -0.3 is 15.5 Å². The molecular weight excluding hydrogens is 205 g/mol. The minimum atomic E-state index is -0.227. The van der Waals surface area contributed by atoms with Crippen molar-refractivity contribution in [2.24, 2.45) is 0 Å². The number of likely N-dealkylation sites (N-methyl/N-ethyl adjacent to an activating group) is 1.